The van der Waals surface area contributed by atoms with Crippen molar-refractivity contribution in [3.05, 3.63) is 99.2 Å². The number of nitrogens with one attached hydrogen (secondary N) is 2. The molecule has 1 aromatic carbocycles. The molecule has 2 heterocycles. The molecular formula is C20H13F6N3O2. The maximum Gasteiger partial charge on any atom is 0.418 e. The third-order valence-corrected chi connectivity index (χ3v) is 4.33. The Labute approximate surface area is 170 Å². The first-order valence-corrected chi connectivity index (χ1v) is 8.66. The summed E-state index contributed by atoms with van der Waals surface area (Å²) in [7, 11) is 0. The maximum atomic E-state index is 13.5. The van der Waals surface area contributed by atoms with Gasteiger partial charge in [-0.05, 0) is 42.0 Å². The van der Waals surface area contributed by atoms with Crippen LogP contribution in [0.15, 0.2) is 65.7 Å². The number of carbonyl (C=O) groups is 1. The van der Waals surface area contributed by atoms with Gasteiger partial charge in [0.1, 0.15) is 5.56 Å². The van der Waals surface area contributed by atoms with E-state index in [-0.39, 0.29) is 11.1 Å². The van der Waals surface area contributed by atoms with E-state index in [0.29, 0.717) is 12.1 Å². The zero-order valence-electron chi connectivity index (χ0n) is 15.4. The Kier molecular flexibility index (Phi) is 5.87. The van der Waals surface area contributed by atoms with E-state index in [0.717, 1.165) is 36.5 Å². The minimum absolute atomic E-state index is 0.0853. The first-order chi connectivity index (χ1) is 14.5. The van der Waals surface area contributed by atoms with Crippen molar-refractivity contribution < 1.29 is 31.1 Å². The summed E-state index contributed by atoms with van der Waals surface area (Å²) in [6.07, 6.45) is -7.18. The van der Waals surface area contributed by atoms with Crippen molar-refractivity contribution in [2.75, 3.05) is 0 Å². The quantitative estimate of drug-likeness (QED) is 0.592. The SMILES string of the molecule is O=C(NC(c1ccc(C(F)(F)F)cc1)c1ncccc1C(F)(F)F)c1ccc[nH]c1=O. The largest absolute Gasteiger partial charge is 0.418 e. The molecule has 2 N–H and O–H groups in total. The van der Waals surface area contributed by atoms with Crippen LogP contribution in [-0.2, 0) is 12.4 Å². The average molecular weight is 441 g/mol. The van der Waals surface area contributed by atoms with Crippen molar-refractivity contribution in [1.29, 1.82) is 0 Å². The zero-order valence-corrected chi connectivity index (χ0v) is 15.4. The highest BCUT2D eigenvalue weighted by Gasteiger charge is 2.37. The number of aromatic amines is 1. The van der Waals surface area contributed by atoms with Crippen molar-refractivity contribution in [3.8, 4) is 0 Å². The number of pyridine rings is 2. The number of carbonyl (C=O) groups excluding carboxylic acids is 1. The van der Waals surface area contributed by atoms with Gasteiger partial charge in [0.05, 0.1) is 22.9 Å². The zero-order chi connectivity index (χ0) is 22.8. The van der Waals surface area contributed by atoms with E-state index in [9.17, 15) is 35.9 Å². The summed E-state index contributed by atoms with van der Waals surface area (Å²) >= 11 is 0. The summed E-state index contributed by atoms with van der Waals surface area (Å²) < 4.78 is 79.2. The van der Waals surface area contributed by atoms with Crippen LogP contribution in [0.5, 0.6) is 0 Å². The van der Waals surface area contributed by atoms with Gasteiger partial charge in [-0.25, -0.2) is 0 Å². The Balaban J connectivity index is 2.10. The Hall–Kier alpha value is -3.63. The average Bonchev–Trinajstić information content (AvgIpc) is 2.71. The second kappa shape index (κ2) is 8.25. The number of hydrogen-bond donors (Lipinski definition) is 2. The Morgan fingerprint density at radius 3 is 2.19 bits per heavy atom. The molecule has 0 saturated heterocycles. The van der Waals surface area contributed by atoms with Crippen LogP contribution < -0.4 is 10.9 Å². The molecule has 0 bridgehead atoms. The lowest BCUT2D eigenvalue weighted by Gasteiger charge is -2.22. The summed E-state index contributed by atoms with van der Waals surface area (Å²) in [5.41, 5.74) is -4.08. The summed E-state index contributed by atoms with van der Waals surface area (Å²) in [6.45, 7) is 0. The second-order valence-electron chi connectivity index (χ2n) is 6.37. The van der Waals surface area contributed by atoms with Gasteiger partial charge in [0.2, 0.25) is 0 Å². The minimum atomic E-state index is -4.84. The lowest BCUT2D eigenvalue weighted by molar-refractivity contribution is -0.139. The molecule has 162 valence electrons. The number of nitrogens with zero attached hydrogens (tertiary/aromatic N) is 1. The van der Waals surface area contributed by atoms with E-state index < -0.39 is 46.7 Å². The highest BCUT2D eigenvalue weighted by molar-refractivity contribution is 5.94. The molecule has 1 amide bonds. The number of alkyl halides is 6. The Bertz CT molecular complexity index is 1140. The molecule has 2 aromatic heterocycles. The highest BCUT2D eigenvalue weighted by atomic mass is 19.4. The predicted octanol–water partition coefficient (Wildman–Crippen LogP) is 4.33. The number of amides is 1. The van der Waals surface area contributed by atoms with Gasteiger partial charge in [0.15, 0.2) is 0 Å². The van der Waals surface area contributed by atoms with Gasteiger partial charge >= 0.3 is 12.4 Å². The smallest absolute Gasteiger partial charge is 0.339 e. The second-order valence-corrected chi connectivity index (χ2v) is 6.37. The van der Waals surface area contributed by atoms with Crippen molar-refractivity contribution in [1.82, 2.24) is 15.3 Å². The number of aromatic nitrogens is 2. The molecule has 3 aromatic rings. The Morgan fingerprint density at radius 1 is 0.935 bits per heavy atom. The van der Waals surface area contributed by atoms with E-state index in [4.69, 9.17) is 0 Å². The maximum absolute atomic E-state index is 13.5. The minimum Gasteiger partial charge on any atom is -0.339 e. The molecule has 3 rings (SSSR count). The van der Waals surface area contributed by atoms with Gasteiger partial charge in [0.25, 0.3) is 11.5 Å². The van der Waals surface area contributed by atoms with Crippen LogP contribution in [0.2, 0.25) is 0 Å². The highest BCUT2D eigenvalue weighted by Crippen LogP contribution is 2.36. The van der Waals surface area contributed by atoms with E-state index >= 15 is 0 Å². The lowest BCUT2D eigenvalue weighted by Crippen LogP contribution is -2.34. The molecule has 0 aliphatic rings. The van der Waals surface area contributed by atoms with Crippen LogP contribution in [0.1, 0.15) is 38.8 Å². The van der Waals surface area contributed by atoms with E-state index in [1.54, 1.807) is 0 Å². The fraction of sp³-hybridized carbons (Fsp3) is 0.150. The van der Waals surface area contributed by atoms with Gasteiger partial charge in [-0.3, -0.25) is 14.6 Å². The fourth-order valence-electron chi connectivity index (χ4n) is 2.87. The first kappa shape index (κ1) is 22.1. The van der Waals surface area contributed by atoms with E-state index in [2.05, 4.69) is 15.3 Å². The standard InChI is InChI=1S/C20H13F6N3O2/c21-19(22,23)12-7-5-11(6-8-12)15(16-14(20(24,25)26)4-2-9-27-16)29-18(31)13-3-1-10-28-17(13)30/h1-10,15H,(H,28,30)(H,29,31). The van der Waals surface area contributed by atoms with Crippen LogP contribution in [0, 0.1) is 0 Å². The predicted molar refractivity (Wildman–Crippen MR) is 97.1 cm³/mol. The fourth-order valence-corrected chi connectivity index (χ4v) is 2.87. The topological polar surface area (TPSA) is 74.8 Å². The molecular weight excluding hydrogens is 428 g/mol. The van der Waals surface area contributed by atoms with Gasteiger partial charge in [0, 0.05) is 12.4 Å². The molecule has 0 saturated carbocycles. The van der Waals surface area contributed by atoms with Crippen molar-refractivity contribution >= 4 is 5.91 Å². The first-order valence-electron chi connectivity index (χ1n) is 8.66. The van der Waals surface area contributed by atoms with Gasteiger partial charge in [-0.2, -0.15) is 26.3 Å². The van der Waals surface area contributed by atoms with Crippen LogP contribution in [0.4, 0.5) is 26.3 Å². The van der Waals surface area contributed by atoms with E-state index in [1.807, 2.05) is 0 Å². The number of halogens is 6. The van der Waals surface area contributed by atoms with Gasteiger partial charge in [-0.15, -0.1) is 0 Å². The number of H-pyrrole nitrogens is 1. The van der Waals surface area contributed by atoms with Crippen LogP contribution in [-0.4, -0.2) is 15.9 Å². The summed E-state index contributed by atoms with van der Waals surface area (Å²) in [4.78, 5) is 30.4. The number of rotatable bonds is 4. The summed E-state index contributed by atoms with van der Waals surface area (Å²) in [5, 5.41) is 2.27. The third kappa shape index (κ3) is 4.93. The van der Waals surface area contributed by atoms with Gasteiger partial charge < -0.3 is 10.3 Å². The molecule has 5 nitrogen and oxygen atoms in total. The molecule has 0 spiro atoms. The molecule has 11 heteroatoms. The van der Waals surface area contributed by atoms with Crippen LogP contribution in [0.25, 0.3) is 0 Å². The van der Waals surface area contributed by atoms with Crippen LogP contribution in [0.3, 0.4) is 0 Å². The van der Waals surface area contributed by atoms with Crippen molar-refractivity contribution in [2.45, 2.75) is 18.4 Å². The normalized spacial score (nSPS) is 13.0. The Morgan fingerprint density at radius 2 is 1.61 bits per heavy atom. The molecule has 1 atom stereocenters. The molecule has 1 unspecified atom stereocenters. The van der Waals surface area contributed by atoms with Crippen molar-refractivity contribution in [3.63, 3.8) is 0 Å². The summed E-state index contributed by atoms with van der Waals surface area (Å²) in [6, 6.07) is 5.94. The number of hydrogen-bond acceptors (Lipinski definition) is 3. The molecule has 0 radical (unpaired) electrons. The third-order valence-electron chi connectivity index (χ3n) is 4.33. The lowest BCUT2D eigenvalue weighted by atomic mass is 9.97. The number of benzene rings is 1. The molecule has 0 fully saturated rings. The summed E-state index contributed by atoms with van der Waals surface area (Å²) in [5.74, 6) is -1.02. The van der Waals surface area contributed by atoms with E-state index in [1.165, 1.54) is 12.3 Å². The van der Waals surface area contributed by atoms with Crippen molar-refractivity contribution in [2.24, 2.45) is 0 Å². The molecule has 0 aliphatic heterocycles. The molecule has 31 heavy (non-hydrogen) atoms. The monoisotopic (exact) mass is 441 g/mol. The van der Waals surface area contributed by atoms with Gasteiger partial charge in [-0.1, -0.05) is 12.1 Å². The molecule has 0 aliphatic carbocycles. The van der Waals surface area contributed by atoms with Crippen LogP contribution >= 0.6 is 0 Å².